The summed E-state index contributed by atoms with van der Waals surface area (Å²) in [6.07, 6.45) is 1.56. The van der Waals surface area contributed by atoms with E-state index >= 15 is 0 Å². The van der Waals surface area contributed by atoms with Crippen LogP contribution in [0.4, 0.5) is 5.69 Å². The highest BCUT2D eigenvalue weighted by atomic mass is 32.1. The highest BCUT2D eigenvalue weighted by molar-refractivity contribution is 7.20. The minimum Gasteiger partial charge on any atom is -0.366 e. The number of nitrogens with zero attached hydrogens (tertiary/aromatic N) is 3. The summed E-state index contributed by atoms with van der Waals surface area (Å²) in [5, 5.41) is 15.7. The number of nitro groups is 1. The molecular formula is C23H19N5O4S. The van der Waals surface area contributed by atoms with Crippen LogP contribution in [-0.4, -0.2) is 27.5 Å². The van der Waals surface area contributed by atoms with E-state index in [2.05, 4.69) is 10.5 Å². The molecule has 2 heterocycles. The number of fused-ring (bicyclic) bond motifs is 1. The molecule has 4 aromatic rings. The summed E-state index contributed by atoms with van der Waals surface area (Å²) in [5.74, 6) is -0.881. The molecule has 4 rings (SSSR count). The second-order valence-electron chi connectivity index (χ2n) is 7.36. The van der Waals surface area contributed by atoms with E-state index in [0.29, 0.717) is 15.8 Å². The highest BCUT2D eigenvalue weighted by Crippen LogP contribution is 2.29. The number of carbonyl (C=O) groups excluding carboxylic acids is 2. The molecule has 0 aliphatic carbocycles. The van der Waals surface area contributed by atoms with Gasteiger partial charge in [0.1, 0.15) is 0 Å². The zero-order valence-electron chi connectivity index (χ0n) is 17.7. The van der Waals surface area contributed by atoms with E-state index in [1.807, 2.05) is 36.6 Å². The van der Waals surface area contributed by atoms with Crippen LogP contribution in [-0.2, 0) is 0 Å². The van der Waals surface area contributed by atoms with Crippen LogP contribution in [0.3, 0.4) is 0 Å². The van der Waals surface area contributed by atoms with Crippen molar-refractivity contribution < 1.29 is 14.5 Å². The Morgan fingerprint density at radius 3 is 2.52 bits per heavy atom. The van der Waals surface area contributed by atoms with Crippen LogP contribution >= 0.6 is 11.3 Å². The predicted octanol–water partition coefficient (Wildman–Crippen LogP) is 4.08. The van der Waals surface area contributed by atoms with E-state index in [4.69, 9.17) is 5.73 Å². The quantitative estimate of drug-likeness (QED) is 0.254. The van der Waals surface area contributed by atoms with Gasteiger partial charge in [-0.25, -0.2) is 5.43 Å². The monoisotopic (exact) mass is 461 g/mol. The number of benzene rings is 2. The van der Waals surface area contributed by atoms with E-state index in [1.165, 1.54) is 23.5 Å². The molecule has 3 N–H and O–H groups in total. The predicted molar refractivity (Wildman–Crippen MR) is 127 cm³/mol. The Kier molecular flexibility index (Phi) is 5.76. The third-order valence-electron chi connectivity index (χ3n) is 5.18. The number of carbonyl (C=O) groups is 2. The number of nitrogens with two attached hydrogens (primary N) is 1. The molecule has 0 bridgehead atoms. The van der Waals surface area contributed by atoms with Crippen LogP contribution < -0.4 is 11.2 Å². The lowest BCUT2D eigenvalue weighted by molar-refractivity contribution is -0.384. The first kappa shape index (κ1) is 21.9. The normalized spacial score (nSPS) is 11.2. The van der Waals surface area contributed by atoms with Crippen molar-refractivity contribution in [3.05, 3.63) is 92.1 Å². The molecule has 0 saturated heterocycles. The van der Waals surface area contributed by atoms with E-state index in [0.717, 1.165) is 27.3 Å². The number of rotatable bonds is 6. The average Bonchev–Trinajstić information content (AvgIpc) is 3.33. The molecular weight excluding hydrogens is 442 g/mol. The number of non-ortho nitro benzene ring substituents is 1. The maximum Gasteiger partial charge on any atom is 0.281 e. The Bertz CT molecular complexity index is 1430. The molecule has 33 heavy (non-hydrogen) atoms. The summed E-state index contributed by atoms with van der Waals surface area (Å²) in [5.41, 5.74) is 11.8. The Morgan fingerprint density at radius 2 is 1.85 bits per heavy atom. The third-order valence-corrected chi connectivity index (χ3v) is 6.30. The fourth-order valence-corrected chi connectivity index (χ4v) is 4.50. The lowest BCUT2D eigenvalue weighted by Gasteiger charge is -2.10. The summed E-state index contributed by atoms with van der Waals surface area (Å²) < 4.78 is 2.79. The van der Waals surface area contributed by atoms with Crippen molar-refractivity contribution in [1.29, 1.82) is 0 Å². The van der Waals surface area contributed by atoms with Crippen molar-refractivity contribution in [2.75, 3.05) is 0 Å². The molecule has 0 spiro atoms. The number of nitrogens with one attached hydrogen (secondary N) is 1. The van der Waals surface area contributed by atoms with E-state index in [9.17, 15) is 19.7 Å². The summed E-state index contributed by atoms with van der Waals surface area (Å²) >= 11 is 1.24. The SMILES string of the molecule is Cc1cc(/C=N\NC(=O)c2cc3cc([N+](=O)[O-])ccc3s2)c(C)n1-c1ccc(C(N)=O)cc1. The first-order valence-corrected chi connectivity index (χ1v) is 10.7. The first-order valence-electron chi connectivity index (χ1n) is 9.85. The van der Waals surface area contributed by atoms with E-state index < -0.39 is 16.7 Å². The molecule has 0 radical (unpaired) electrons. The molecule has 0 saturated carbocycles. The number of primary amides is 1. The van der Waals surface area contributed by atoms with Crippen LogP contribution in [0.15, 0.2) is 59.7 Å². The Hall–Kier alpha value is -4.31. The summed E-state index contributed by atoms with van der Waals surface area (Å²) in [7, 11) is 0. The molecule has 0 aliphatic rings. The van der Waals surface area contributed by atoms with Gasteiger partial charge >= 0.3 is 0 Å². The largest absolute Gasteiger partial charge is 0.366 e. The van der Waals surface area contributed by atoms with Gasteiger partial charge in [0.2, 0.25) is 5.91 Å². The van der Waals surface area contributed by atoms with Gasteiger partial charge in [0.05, 0.1) is 16.0 Å². The van der Waals surface area contributed by atoms with Gasteiger partial charge < -0.3 is 10.3 Å². The van der Waals surface area contributed by atoms with Gasteiger partial charge in [-0.1, -0.05) is 0 Å². The van der Waals surface area contributed by atoms with E-state index in [-0.39, 0.29) is 5.69 Å². The molecule has 166 valence electrons. The fourth-order valence-electron chi connectivity index (χ4n) is 3.56. The number of hydrogen-bond donors (Lipinski definition) is 2. The molecule has 0 aliphatic heterocycles. The highest BCUT2D eigenvalue weighted by Gasteiger charge is 2.14. The number of hydrazone groups is 1. The first-order chi connectivity index (χ1) is 15.7. The molecule has 0 unspecified atom stereocenters. The Morgan fingerprint density at radius 1 is 1.12 bits per heavy atom. The second-order valence-corrected chi connectivity index (χ2v) is 8.45. The summed E-state index contributed by atoms with van der Waals surface area (Å²) in [6, 6.07) is 15.0. The molecule has 0 fully saturated rings. The molecule has 2 amide bonds. The minimum atomic E-state index is -0.483. The number of aryl methyl sites for hydroxylation is 1. The molecule has 2 aromatic carbocycles. The van der Waals surface area contributed by atoms with Crippen molar-refractivity contribution in [3.63, 3.8) is 0 Å². The number of hydrogen-bond acceptors (Lipinski definition) is 6. The standard InChI is InChI=1S/C23H19N5O4S/c1-13-9-17(14(2)27(13)18-5-3-15(4-6-18)22(24)29)12-25-26-23(30)21-11-16-10-19(28(31)32)7-8-20(16)33-21/h3-12H,1-2H3,(H2,24,29)(H,26,30)/b25-12-. The van der Waals surface area contributed by atoms with Crippen LogP contribution in [0, 0.1) is 24.0 Å². The molecule has 2 aromatic heterocycles. The zero-order chi connectivity index (χ0) is 23.7. The molecule has 10 heteroatoms. The van der Waals surface area contributed by atoms with Gasteiger partial charge in [0.15, 0.2) is 0 Å². The third kappa shape index (κ3) is 4.37. The van der Waals surface area contributed by atoms with Gasteiger partial charge in [0, 0.05) is 50.4 Å². The summed E-state index contributed by atoms with van der Waals surface area (Å²) in [6.45, 7) is 3.87. The van der Waals surface area contributed by atoms with Gasteiger partial charge in [0.25, 0.3) is 11.6 Å². The molecule has 0 atom stereocenters. The number of thiophene rings is 1. The number of amides is 2. The van der Waals surface area contributed by atoms with Gasteiger partial charge in [-0.05, 0) is 56.3 Å². The smallest absolute Gasteiger partial charge is 0.281 e. The van der Waals surface area contributed by atoms with Crippen LogP contribution in [0.5, 0.6) is 0 Å². The zero-order valence-corrected chi connectivity index (χ0v) is 18.6. The van der Waals surface area contributed by atoms with Crippen molar-refractivity contribution in [3.8, 4) is 5.69 Å². The van der Waals surface area contributed by atoms with Gasteiger partial charge in [-0.15, -0.1) is 11.3 Å². The Balaban J connectivity index is 1.51. The molecule has 9 nitrogen and oxygen atoms in total. The van der Waals surface area contributed by atoms with E-state index in [1.54, 1.807) is 30.5 Å². The van der Waals surface area contributed by atoms with Crippen molar-refractivity contribution in [2.24, 2.45) is 10.8 Å². The minimum absolute atomic E-state index is 0.0232. The number of nitro benzene ring substituents is 1. The van der Waals surface area contributed by atoms with Gasteiger partial charge in [-0.3, -0.25) is 19.7 Å². The summed E-state index contributed by atoms with van der Waals surface area (Å²) in [4.78, 5) is 34.7. The fraction of sp³-hybridized carbons (Fsp3) is 0.0870. The van der Waals surface area contributed by atoms with Crippen molar-refractivity contribution >= 4 is 45.1 Å². The maximum absolute atomic E-state index is 12.5. The lowest BCUT2D eigenvalue weighted by atomic mass is 10.2. The lowest BCUT2D eigenvalue weighted by Crippen LogP contribution is -2.16. The van der Waals surface area contributed by atoms with Crippen LogP contribution in [0.1, 0.15) is 37.0 Å². The number of aromatic nitrogens is 1. The van der Waals surface area contributed by atoms with Crippen LogP contribution in [0.2, 0.25) is 0 Å². The average molecular weight is 462 g/mol. The van der Waals surface area contributed by atoms with Crippen molar-refractivity contribution in [1.82, 2.24) is 9.99 Å². The second kappa shape index (κ2) is 8.67. The van der Waals surface area contributed by atoms with Crippen LogP contribution in [0.25, 0.3) is 15.8 Å². The Labute approximate surface area is 192 Å². The topological polar surface area (TPSA) is 133 Å². The van der Waals surface area contributed by atoms with Crippen molar-refractivity contribution in [2.45, 2.75) is 13.8 Å². The maximum atomic E-state index is 12.5. The van der Waals surface area contributed by atoms with Gasteiger partial charge in [-0.2, -0.15) is 5.10 Å².